The number of rotatable bonds is 8. The Bertz CT molecular complexity index is 3560. The first-order chi connectivity index (χ1) is 31.3. The van der Waals surface area contributed by atoms with Gasteiger partial charge in [-0.05, 0) is 70.8 Å². The highest BCUT2D eigenvalue weighted by Crippen LogP contribution is 2.47. The zero-order valence-electron chi connectivity index (χ0n) is 34.4. The summed E-state index contributed by atoms with van der Waals surface area (Å²) < 4.78 is 8.93. The molecule has 296 valence electrons. The minimum atomic E-state index is 0.897. The van der Waals surface area contributed by atoms with Crippen LogP contribution in [0.2, 0.25) is 0 Å². The Morgan fingerprint density at radius 3 is 1.51 bits per heavy atom. The number of fused-ring (bicyclic) bond motifs is 6. The third kappa shape index (κ3) is 6.21. The van der Waals surface area contributed by atoms with Crippen molar-refractivity contribution in [1.29, 1.82) is 0 Å². The normalized spacial score (nSPS) is 11.5. The molecule has 0 radical (unpaired) electrons. The zero-order valence-corrected chi connectivity index (χ0v) is 34.4. The van der Waals surface area contributed by atoms with Crippen molar-refractivity contribution < 1.29 is 4.42 Å². The summed E-state index contributed by atoms with van der Waals surface area (Å²) in [4.78, 5) is 2.43. The van der Waals surface area contributed by atoms with E-state index in [-0.39, 0.29) is 0 Å². The molecular formula is C60H40N2O. The molecule has 3 nitrogen and oxygen atoms in total. The third-order valence-electron chi connectivity index (χ3n) is 12.4. The lowest BCUT2D eigenvalue weighted by atomic mass is 9.96. The molecule has 12 rings (SSSR count). The highest BCUT2D eigenvalue weighted by molar-refractivity contribution is 6.11. The van der Waals surface area contributed by atoms with Crippen LogP contribution >= 0.6 is 0 Å². The van der Waals surface area contributed by atoms with Crippen LogP contribution in [0.3, 0.4) is 0 Å². The molecule has 0 saturated heterocycles. The van der Waals surface area contributed by atoms with Crippen molar-refractivity contribution in [2.24, 2.45) is 0 Å². The lowest BCUT2D eigenvalue weighted by molar-refractivity contribution is 0.670. The summed E-state index contributed by atoms with van der Waals surface area (Å²) in [5, 5.41) is 4.73. The van der Waals surface area contributed by atoms with Gasteiger partial charge in [-0.15, -0.1) is 0 Å². The van der Waals surface area contributed by atoms with Gasteiger partial charge in [0.25, 0.3) is 0 Å². The van der Waals surface area contributed by atoms with E-state index in [0.29, 0.717) is 0 Å². The van der Waals surface area contributed by atoms with E-state index in [1.54, 1.807) is 0 Å². The molecule has 10 aromatic carbocycles. The Hall–Kier alpha value is -8.40. The fourth-order valence-electron chi connectivity index (χ4n) is 9.53. The van der Waals surface area contributed by atoms with E-state index < -0.39 is 0 Å². The smallest absolute Gasteiger partial charge is 0.143 e. The predicted molar refractivity (Wildman–Crippen MR) is 264 cm³/mol. The van der Waals surface area contributed by atoms with E-state index >= 15 is 0 Å². The van der Waals surface area contributed by atoms with Crippen LogP contribution in [-0.4, -0.2) is 4.57 Å². The highest BCUT2D eigenvalue weighted by atomic mass is 16.3. The Labute approximate surface area is 366 Å². The van der Waals surface area contributed by atoms with Crippen molar-refractivity contribution in [3.63, 3.8) is 0 Å². The summed E-state index contributed by atoms with van der Waals surface area (Å²) in [6.45, 7) is 0. The van der Waals surface area contributed by atoms with Crippen LogP contribution in [0.5, 0.6) is 0 Å². The van der Waals surface area contributed by atoms with E-state index in [9.17, 15) is 0 Å². The van der Waals surface area contributed by atoms with Gasteiger partial charge in [0, 0.05) is 49.5 Å². The monoisotopic (exact) mass is 804 g/mol. The molecule has 0 aliphatic carbocycles. The summed E-state index contributed by atoms with van der Waals surface area (Å²) in [5.74, 6) is 0. The number of benzene rings is 10. The number of para-hydroxylation sites is 7. The van der Waals surface area contributed by atoms with Crippen molar-refractivity contribution in [2.45, 2.75) is 0 Å². The highest BCUT2D eigenvalue weighted by Gasteiger charge is 2.23. The molecular weight excluding hydrogens is 765 g/mol. The molecule has 0 unspecified atom stereocenters. The van der Waals surface area contributed by atoms with Gasteiger partial charge in [-0.3, -0.25) is 0 Å². The zero-order chi connectivity index (χ0) is 41.7. The Balaban J connectivity index is 1.05. The number of anilines is 3. The summed E-state index contributed by atoms with van der Waals surface area (Å²) in [5.41, 5.74) is 17.6. The maximum atomic E-state index is 6.50. The van der Waals surface area contributed by atoms with Crippen molar-refractivity contribution in [2.75, 3.05) is 4.90 Å². The molecule has 63 heavy (non-hydrogen) atoms. The molecule has 0 amide bonds. The topological polar surface area (TPSA) is 21.3 Å². The minimum absolute atomic E-state index is 0.897. The molecule has 0 fully saturated rings. The fourth-order valence-corrected chi connectivity index (χ4v) is 9.53. The third-order valence-corrected chi connectivity index (χ3v) is 12.4. The van der Waals surface area contributed by atoms with Crippen LogP contribution in [0, 0.1) is 0 Å². The predicted octanol–water partition coefficient (Wildman–Crippen LogP) is 16.8. The largest absolute Gasteiger partial charge is 0.455 e. The quantitative estimate of drug-likeness (QED) is 0.153. The van der Waals surface area contributed by atoms with Crippen molar-refractivity contribution >= 4 is 60.8 Å². The SMILES string of the molecule is c1ccc(-c2ccc(-c3ccccc3N(c3ccc(-c4cccc5c4oc4ccccc45)cc3)c3ccccc3-c3ccccc3-n3c4ccccc4c4ccccc43)cc2)cc1. The van der Waals surface area contributed by atoms with Gasteiger partial charge in [0.05, 0.1) is 28.1 Å². The van der Waals surface area contributed by atoms with E-state index in [1.165, 1.54) is 32.9 Å². The first-order valence-electron chi connectivity index (χ1n) is 21.5. The average molecular weight is 805 g/mol. The number of aromatic nitrogens is 1. The minimum Gasteiger partial charge on any atom is -0.455 e. The molecule has 0 spiro atoms. The average Bonchev–Trinajstić information content (AvgIpc) is 3.91. The number of nitrogens with zero attached hydrogens (tertiary/aromatic N) is 2. The van der Waals surface area contributed by atoms with Gasteiger partial charge in [0.2, 0.25) is 0 Å². The second-order valence-electron chi connectivity index (χ2n) is 16.0. The van der Waals surface area contributed by atoms with Crippen LogP contribution in [-0.2, 0) is 0 Å². The van der Waals surface area contributed by atoms with E-state index in [0.717, 1.165) is 78.1 Å². The molecule has 0 N–H and O–H groups in total. The van der Waals surface area contributed by atoms with Crippen LogP contribution in [0.1, 0.15) is 0 Å². The fraction of sp³-hybridized carbons (Fsp3) is 0. The summed E-state index contributed by atoms with van der Waals surface area (Å²) in [6.07, 6.45) is 0. The molecule has 2 aromatic heterocycles. The maximum Gasteiger partial charge on any atom is 0.143 e. The van der Waals surface area contributed by atoms with Crippen molar-refractivity contribution in [1.82, 2.24) is 4.57 Å². The van der Waals surface area contributed by atoms with Gasteiger partial charge in [-0.1, -0.05) is 194 Å². The molecule has 0 atom stereocenters. The van der Waals surface area contributed by atoms with E-state index in [1.807, 2.05) is 12.1 Å². The summed E-state index contributed by atoms with van der Waals surface area (Å²) >= 11 is 0. The Morgan fingerprint density at radius 2 is 0.778 bits per heavy atom. The molecule has 3 heteroatoms. The van der Waals surface area contributed by atoms with Gasteiger partial charge in [0.1, 0.15) is 11.2 Å². The molecule has 0 saturated carbocycles. The number of furan rings is 1. The Kier molecular flexibility index (Phi) is 8.83. The van der Waals surface area contributed by atoms with Crippen LogP contribution in [0.25, 0.3) is 93.9 Å². The van der Waals surface area contributed by atoms with Gasteiger partial charge in [0.15, 0.2) is 0 Å². The van der Waals surface area contributed by atoms with Crippen molar-refractivity contribution in [3.05, 3.63) is 243 Å². The van der Waals surface area contributed by atoms with Gasteiger partial charge in [-0.2, -0.15) is 0 Å². The Morgan fingerprint density at radius 1 is 0.302 bits per heavy atom. The standard InChI is InChI=1S/C60H40N2O/c1-2-17-41(18-3-1)42-33-35-43(36-34-42)46-19-4-10-27-54(46)61(45-39-37-44(38-40-45)47-25-16-26-53-52-24-9-15-32-59(52)63-60(47)53)55-28-11-5-20-48(55)49-21-6-12-29-56(49)62-57-30-13-7-22-50(57)51-23-8-14-31-58(51)62/h1-40H. The first kappa shape index (κ1) is 36.5. The maximum absolute atomic E-state index is 6.50. The molecule has 2 heterocycles. The molecule has 0 aliphatic rings. The number of hydrogen-bond acceptors (Lipinski definition) is 2. The molecule has 12 aromatic rings. The van der Waals surface area contributed by atoms with Gasteiger partial charge >= 0.3 is 0 Å². The summed E-state index contributed by atoms with van der Waals surface area (Å²) in [6, 6.07) is 87.1. The molecule has 0 aliphatic heterocycles. The lowest BCUT2D eigenvalue weighted by Crippen LogP contribution is -2.13. The van der Waals surface area contributed by atoms with Crippen molar-refractivity contribution in [3.8, 4) is 50.2 Å². The van der Waals surface area contributed by atoms with E-state index in [4.69, 9.17) is 4.42 Å². The second kappa shape index (κ2) is 15.3. The van der Waals surface area contributed by atoms with Crippen LogP contribution in [0.4, 0.5) is 17.1 Å². The second-order valence-corrected chi connectivity index (χ2v) is 16.0. The van der Waals surface area contributed by atoms with Gasteiger partial charge in [-0.25, -0.2) is 0 Å². The van der Waals surface area contributed by atoms with E-state index in [2.05, 4.69) is 240 Å². The summed E-state index contributed by atoms with van der Waals surface area (Å²) in [7, 11) is 0. The van der Waals surface area contributed by atoms with Gasteiger partial charge < -0.3 is 13.9 Å². The van der Waals surface area contributed by atoms with Crippen LogP contribution in [0.15, 0.2) is 247 Å². The lowest BCUT2D eigenvalue weighted by Gasteiger charge is -2.30. The first-order valence-corrected chi connectivity index (χ1v) is 21.5. The van der Waals surface area contributed by atoms with Crippen LogP contribution < -0.4 is 4.90 Å². The molecule has 0 bridgehead atoms. The number of hydrogen-bond donors (Lipinski definition) is 0.